The minimum absolute atomic E-state index is 0.387. The first-order chi connectivity index (χ1) is 9.20. The number of halogens is 1. The Kier molecular flexibility index (Phi) is 3.03. The predicted octanol–water partition coefficient (Wildman–Crippen LogP) is 3.43. The van der Waals surface area contributed by atoms with Crippen LogP contribution in [0.3, 0.4) is 0 Å². The smallest absolute Gasteiger partial charge is 0.138 e. The lowest BCUT2D eigenvalue weighted by atomic mass is 10.2. The molecular formula is C14H14ClN3O. The summed E-state index contributed by atoms with van der Waals surface area (Å²) < 4.78 is 7.33. The van der Waals surface area contributed by atoms with Crippen LogP contribution in [0.25, 0.3) is 11.0 Å². The highest BCUT2D eigenvalue weighted by molar-refractivity contribution is 6.16. The number of alkyl halides is 1. The lowest BCUT2D eigenvalue weighted by Gasteiger charge is -2.07. The van der Waals surface area contributed by atoms with Gasteiger partial charge in [-0.2, -0.15) is 0 Å². The molecule has 0 saturated heterocycles. The minimum atomic E-state index is 0.387. The Bertz CT molecular complexity index is 710. The first-order valence-electron chi connectivity index (χ1n) is 6.12. The fraction of sp³-hybridized carbons (Fsp3) is 0.286. The van der Waals surface area contributed by atoms with E-state index in [2.05, 4.69) is 20.8 Å². The van der Waals surface area contributed by atoms with Crippen molar-refractivity contribution in [3.63, 3.8) is 0 Å². The quantitative estimate of drug-likeness (QED) is 0.688. The fourth-order valence-corrected chi connectivity index (χ4v) is 2.49. The van der Waals surface area contributed by atoms with Crippen molar-refractivity contribution in [3.8, 4) is 0 Å². The summed E-state index contributed by atoms with van der Waals surface area (Å²) in [7, 11) is 0. The molecular weight excluding hydrogens is 262 g/mol. The molecule has 98 valence electrons. The number of para-hydroxylation sites is 2. The number of rotatable bonds is 3. The molecule has 0 atom stereocenters. The number of nitrogens with zero attached hydrogens (tertiary/aromatic N) is 3. The molecule has 0 fully saturated rings. The van der Waals surface area contributed by atoms with Gasteiger partial charge in [0.25, 0.3) is 0 Å². The van der Waals surface area contributed by atoms with Crippen molar-refractivity contribution in [2.24, 2.45) is 0 Å². The van der Waals surface area contributed by atoms with Gasteiger partial charge < -0.3 is 9.09 Å². The van der Waals surface area contributed by atoms with Gasteiger partial charge in [0.2, 0.25) is 0 Å². The van der Waals surface area contributed by atoms with Crippen LogP contribution in [-0.2, 0) is 12.4 Å². The summed E-state index contributed by atoms with van der Waals surface area (Å²) in [5.41, 5.74) is 4.05. The molecule has 1 aromatic carbocycles. The van der Waals surface area contributed by atoms with E-state index < -0.39 is 0 Å². The number of benzene rings is 1. The van der Waals surface area contributed by atoms with Crippen molar-refractivity contribution in [1.82, 2.24) is 14.7 Å². The van der Waals surface area contributed by atoms with Gasteiger partial charge in [0, 0.05) is 5.56 Å². The molecule has 3 aromatic rings. The molecule has 19 heavy (non-hydrogen) atoms. The van der Waals surface area contributed by atoms with E-state index in [4.69, 9.17) is 16.1 Å². The van der Waals surface area contributed by atoms with Crippen LogP contribution in [0.4, 0.5) is 0 Å². The van der Waals surface area contributed by atoms with Crippen LogP contribution < -0.4 is 0 Å². The van der Waals surface area contributed by atoms with E-state index in [0.717, 1.165) is 33.9 Å². The molecule has 2 heterocycles. The summed E-state index contributed by atoms with van der Waals surface area (Å²) in [6, 6.07) is 8.03. The third-order valence-electron chi connectivity index (χ3n) is 3.35. The highest BCUT2D eigenvalue weighted by Gasteiger charge is 2.14. The first kappa shape index (κ1) is 12.2. The van der Waals surface area contributed by atoms with E-state index in [9.17, 15) is 0 Å². The highest BCUT2D eigenvalue weighted by Crippen LogP contribution is 2.21. The van der Waals surface area contributed by atoms with Gasteiger partial charge >= 0.3 is 0 Å². The van der Waals surface area contributed by atoms with Crippen molar-refractivity contribution in [1.29, 1.82) is 0 Å². The van der Waals surface area contributed by atoms with E-state index in [1.807, 2.05) is 32.0 Å². The Balaban J connectivity index is 2.14. The third kappa shape index (κ3) is 2.02. The first-order valence-corrected chi connectivity index (χ1v) is 6.66. The Morgan fingerprint density at radius 2 is 2.05 bits per heavy atom. The Labute approximate surface area is 116 Å². The van der Waals surface area contributed by atoms with Gasteiger partial charge in [-0.3, -0.25) is 0 Å². The number of hydrogen-bond donors (Lipinski definition) is 0. The predicted molar refractivity (Wildman–Crippen MR) is 74.4 cm³/mol. The molecule has 0 saturated carbocycles. The monoisotopic (exact) mass is 275 g/mol. The molecule has 0 amide bonds. The SMILES string of the molecule is Cc1noc(C)c1Cn1c(CCl)nc2ccccc21. The normalized spacial score (nSPS) is 11.3. The Morgan fingerprint density at radius 3 is 2.74 bits per heavy atom. The highest BCUT2D eigenvalue weighted by atomic mass is 35.5. The molecule has 0 aliphatic heterocycles. The van der Waals surface area contributed by atoms with E-state index in [0.29, 0.717) is 12.4 Å². The lowest BCUT2D eigenvalue weighted by Crippen LogP contribution is -2.05. The Morgan fingerprint density at radius 1 is 1.26 bits per heavy atom. The number of aromatic nitrogens is 3. The average Bonchev–Trinajstić information content (AvgIpc) is 2.94. The van der Waals surface area contributed by atoms with Crippen LogP contribution in [0.2, 0.25) is 0 Å². The van der Waals surface area contributed by atoms with Gasteiger partial charge in [0.05, 0.1) is 29.2 Å². The average molecular weight is 276 g/mol. The molecule has 0 aliphatic carbocycles. The summed E-state index contributed by atoms with van der Waals surface area (Å²) in [5.74, 6) is 2.09. The van der Waals surface area contributed by atoms with E-state index in [-0.39, 0.29) is 0 Å². The zero-order valence-corrected chi connectivity index (χ0v) is 11.6. The van der Waals surface area contributed by atoms with Crippen LogP contribution >= 0.6 is 11.6 Å². The Hall–Kier alpha value is -1.81. The summed E-state index contributed by atoms with van der Waals surface area (Å²) in [6.45, 7) is 4.56. The zero-order chi connectivity index (χ0) is 13.4. The molecule has 4 nitrogen and oxygen atoms in total. The van der Waals surface area contributed by atoms with Crippen LogP contribution in [0.5, 0.6) is 0 Å². The van der Waals surface area contributed by atoms with Crippen LogP contribution in [-0.4, -0.2) is 14.7 Å². The fourth-order valence-electron chi connectivity index (χ4n) is 2.29. The molecule has 0 spiro atoms. The maximum Gasteiger partial charge on any atom is 0.138 e. The van der Waals surface area contributed by atoms with Crippen LogP contribution in [0.1, 0.15) is 22.8 Å². The van der Waals surface area contributed by atoms with E-state index in [1.165, 1.54) is 0 Å². The number of imidazole rings is 1. The van der Waals surface area contributed by atoms with Gasteiger partial charge in [0.1, 0.15) is 11.6 Å². The molecule has 0 bridgehead atoms. The maximum absolute atomic E-state index is 6.00. The lowest BCUT2D eigenvalue weighted by molar-refractivity contribution is 0.392. The van der Waals surface area contributed by atoms with Crippen LogP contribution in [0.15, 0.2) is 28.8 Å². The molecule has 5 heteroatoms. The van der Waals surface area contributed by atoms with Gasteiger partial charge in [-0.1, -0.05) is 17.3 Å². The van der Waals surface area contributed by atoms with Gasteiger partial charge in [-0.25, -0.2) is 4.98 Å². The number of fused-ring (bicyclic) bond motifs is 1. The van der Waals surface area contributed by atoms with Crippen molar-refractivity contribution in [2.75, 3.05) is 0 Å². The second-order valence-corrected chi connectivity index (χ2v) is 4.81. The molecule has 0 aliphatic rings. The van der Waals surface area contributed by atoms with Crippen LogP contribution in [0, 0.1) is 13.8 Å². The molecule has 3 rings (SSSR count). The maximum atomic E-state index is 6.00. The standard InChI is InChI=1S/C14H14ClN3O/c1-9-11(10(2)19-17-9)8-18-13-6-4-3-5-12(13)16-14(18)7-15/h3-6H,7-8H2,1-2H3. The van der Waals surface area contributed by atoms with Gasteiger partial charge in [-0.05, 0) is 26.0 Å². The van der Waals surface area contributed by atoms with Crippen molar-refractivity contribution >= 4 is 22.6 Å². The van der Waals surface area contributed by atoms with Gasteiger partial charge in [0.15, 0.2) is 0 Å². The largest absolute Gasteiger partial charge is 0.361 e. The summed E-state index contributed by atoms with van der Waals surface area (Å²) in [4.78, 5) is 4.55. The summed E-state index contributed by atoms with van der Waals surface area (Å²) in [5, 5.41) is 3.99. The van der Waals surface area contributed by atoms with E-state index in [1.54, 1.807) is 0 Å². The van der Waals surface area contributed by atoms with Crippen molar-refractivity contribution in [2.45, 2.75) is 26.3 Å². The summed E-state index contributed by atoms with van der Waals surface area (Å²) >= 11 is 6.00. The number of hydrogen-bond acceptors (Lipinski definition) is 3. The van der Waals surface area contributed by atoms with Crippen molar-refractivity contribution < 1.29 is 4.52 Å². The van der Waals surface area contributed by atoms with Crippen molar-refractivity contribution in [3.05, 3.63) is 47.1 Å². The van der Waals surface area contributed by atoms with Gasteiger partial charge in [-0.15, -0.1) is 11.6 Å². The minimum Gasteiger partial charge on any atom is -0.361 e. The molecule has 0 unspecified atom stereocenters. The third-order valence-corrected chi connectivity index (χ3v) is 3.59. The second kappa shape index (κ2) is 4.70. The second-order valence-electron chi connectivity index (χ2n) is 4.54. The topological polar surface area (TPSA) is 43.9 Å². The molecule has 2 aromatic heterocycles. The van der Waals surface area contributed by atoms with E-state index >= 15 is 0 Å². The zero-order valence-electron chi connectivity index (χ0n) is 10.9. The number of aryl methyl sites for hydroxylation is 2. The summed E-state index contributed by atoms with van der Waals surface area (Å²) in [6.07, 6.45) is 0. The molecule has 0 radical (unpaired) electrons. The molecule has 0 N–H and O–H groups in total.